The van der Waals surface area contributed by atoms with Gasteiger partial charge in [-0.3, -0.25) is 4.79 Å². The highest BCUT2D eigenvalue weighted by Gasteiger charge is 2.14. The lowest BCUT2D eigenvalue weighted by atomic mass is 10.4. The number of carbonyl (C=O) groups is 1. The summed E-state index contributed by atoms with van der Waals surface area (Å²) in [5.41, 5.74) is 0. The molecular weight excluding hydrogens is 168 g/mol. The highest BCUT2D eigenvalue weighted by molar-refractivity contribution is 5.78. The highest BCUT2D eigenvalue weighted by atomic mass is 16.5. The number of nitrogens with zero attached hydrogens (tertiary/aromatic N) is 1. The third-order valence-corrected chi connectivity index (χ3v) is 2.12. The Morgan fingerprint density at radius 1 is 1.62 bits per heavy atom. The SMILES string of the molecule is CCOCCN1CCCNCC1=O. The van der Waals surface area contributed by atoms with E-state index < -0.39 is 0 Å². The molecule has 0 unspecified atom stereocenters. The van der Waals surface area contributed by atoms with E-state index in [1.807, 2.05) is 11.8 Å². The average Bonchev–Trinajstić information content (AvgIpc) is 2.32. The van der Waals surface area contributed by atoms with Crippen molar-refractivity contribution in [3.05, 3.63) is 0 Å². The minimum Gasteiger partial charge on any atom is -0.380 e. The van der Waals surface area contributed by atoms with Gasteiger partial charge in [-0.25, -0.2) is 0 Å². The number of amides is 1. The molecule has 0 aromatic rings. The molecule has 4 heteroatoms. The smallest absolute Gasteiger partial charge is 0.236 e. The third kappa shape index (κ3) is 3.74. The number of hydrogen-bond acceptors (Lipinski definition) is 3. The molecular formula is C9H18N2O2. The summed E-state index contributed by atoms with van der Waals surface area (Å²) in [7, 11) is 0. The molecule has 0 aliphatic carbocycles. The van der Waals surface area contributed by atoms with E-state index >= 15 is 0 Å². The molecule has 1 heterocycles. The predicted molar refractivity (Wildman–Crippen MR) is 50.6 cm³/mol. The lowest BCUT2D eigenvalue weighted by Crippen LogP contribution is -2.37. The monoisotopic (exact) mass is 186 g/mol. The molecule has 1 N–H and O–H groups in total. The zero-order valence-electron chi connectivity index (χ0n) is 8.21. The van der Waals surface area contributed by atoms with Crippen molar-refractivity contribution in [3.63, 3.8) is 0 Å². The summed E-state index contributed by atoms with van der Waals surface area (Å²) >= 11 is 0. The van der Waals surface area contributed by atoms with Gasteiger partial charge in [0.2, 0.25) is 5.91 Å². The Morgan fingerprint density at radius 3 is 3.23 bits per heavy atom. The van der Waals surface area contributed by atoms with E-state index in [1.165, 1.54) is 0 Å². The Morgan fingerprint density at radius 2 is 2.46 bits per heavy atom. The quantitative estimate of drug-likeness (QED) is 0.621. The van der Waals surface area contributed by atoms with Crippen LogP contribution < -0.4 is 5.32 Å². The summed E-state index contributed by atoms with van der Waals surface area (Å²) < 4.78 is 5.21. The van der Waals surface area contributed by atoms with Crippen LogP contribution in [0.25, 0.3) is 0 Å². The van der Waals surface area contributed by atoms with Crippen LogP contribution in [-0.4, -0.2) is 50.2 Å². The number of rotatable bonds is 4. The first-order valence-corrected chi connectivity index (χ1v) is 4.91. The van der Waals surface area contributed by atoms with Crippen LogP contribution in [0.3, 0.4) is 0 Å². The number of carbonyl (C=O) groups excluding carboxylic acids is 1. The molecule has 4 nitrogen and oxygen atoms in total. The van der Waals surface area contributed by atoms with Crippen molar-refractivity contribution in [2.75, 3.05) is 39.4 Å². The van der Waals surface area contributed by atoms with E-state index in [2.05, 4.69) is 5.32 Å². The van der Waals surface area contributed by atoms with E-state index in [-0.39, 0.29) is 5.91 Å². The van der Waals surface area contributed by atoms with Crippen LogP contribution >= 0.6 is 0 Å². The first kappa shape index (κ1) is 10.5. The standard InChI is InChI=1S/C9H18N2O2/c1-2-13-7-6-11-5-3-4-10-8-9(11)12/h10H,2-8H2,1H3. The van der Waals surface area contributed by atoms with Crippen molar-refractivity contribution in [3.8, 4) is 0 Å². The van der Waals surface area contributed by atoms with Crippen LogP contribution in [0.15, 0.2) is 0 Å². The van der Waals surface area contributed by atoms with Gasteiger partial charge in [-0.05, 0) is 19.9 Å². The molecule has 1 saturated heterocycles. The van der Waals surface area contributed by atoms with Crippen molar-refractivity contribution in [2.45, 2.75) is 13.3 Å². The van der Waals surface area contributed by atoms with Gasteiger partial charge in [0.15, 0.2) is 0 Å². The Balaban J connectivity index is 2.24. The molecule has 0 aromatic heterocycles. The molecule has 1 aliphatic heterocycles. The second-order valence-corrected chi connectivity index (χ2v) is 3.11. The van der Waals surface area contributed by atoms with E-state index in [4.69, 9.17) is 4.74 Å². The van der Waals surface area contributed by atoms with E-state index in [0.717, 1.165) is 32.7 Å². The number of nitrogens with one attached hydrogen (secondary N) is 1. The Labute approximate surface area is 79.2 Å². The fourth-order valence-corrected chi connectivity index (χ4v) is 1.38. The van der Waals surface area contributed by atoms with Gasteiger partial charge in [0.25, 0.3) is 0 Å². The van der Waals surface area contributed by atoms with Crippen LogP contribution in [0, 0.1) is 0 Å². The molecule has 1 aliphatic rings. The maximum absolute atomic E-state index is 11.4. The lowest BCUT2D eigenvalue weighted by molar-refractivity contribution is -0.130. The number of hydrogen-bond donors (Lipinski definition) is 1. The number of ether oxygens (including phenoxy) is 1. The molecule has 0 bridgehead atoms. The molecule has 0 radical (unpaired) electrons. The predicted octanol–water partition coefficient (Wildman–Crippen LogP) is -0.155. The van der Waals surface area contributed by atoms with Crippen LogP contribution in [-0.2, 0) is 9.53 Å². The van der Waals surface area contributed by atoms with Gasteiger partial charge >= 0.3 is 0 Å². The average molecular weight is 186 g/mol. The lowest BCUT2D eigenvalue weighted by Gasteiger charge is -2.19. The van der Waals surface area contributed by atoms with Gasteiger partial charge in [-0.15, -0.1) is 0 Å². The summed E-state index contributed by atoms with van der Waals surface area (Å²) in [6.45, 7) is 6.35. The fraction of sp³-hybridized carbons (Fsp3) is 0.889. The normalized spacial score (nSPS) is 18.8. The van der Waals surface area contributed by atoms with Crippen LogP contribution in [0.1, 0.15) is 13.3 Å². The van der Waals surface area contributed by atoms with E-state index in [9.17, 15) is 4.79 Å². The Kier molecular flexibility index (Phi) is 4.78. The Hall–Kier alpha value is -0.610. The summed E-state index contributed by atoms with van der Waals surface area (Å²) in [6, 6.07) is 0. The van der Waals surface area contributed by atoms with Crippen molar-refractivity contribution >= 4 is 5.91 Å². The van der Waals surface area contributed by atoms with Crippen molar-refractivity contribution in [1.82, 2.24) is 10.2 Å². The molecule has 0 saturated carbocycles. The molecule has 0 aromatic carbocycles. The third-order valence-electron chi connectivity index (χ3n) is 2.12. The van der Waals surface area contributed by atoms with Crippen LogP contribution in [0.4, 0.5) is 0 Å². The molecule has 1 fully saturated rings. The summed E-state index contributed by atoms with van der Waals surface area (Å²) in [5.74, 6) is 0.192. The van der Waals surface area contributed by atoms with Crippen molar-refractivity contribution in [2.24, 2.45) is 0 Å². The minimum absolute atomic E-state index is 0.192. The summed E-state index contributed by atoms with van der Waals surface area (Å²) in [4.78, 5) is 13.3. The van der Waals surface area contributed by atoms with Crippen LogP contribution in [0.2, 0.25) is 0 Å². The maximum Gasteiger partial charge on any atom is 0.236 e. The van der Waals surface area contributed by atoms with E-state index in [0.29, 0.717) is 13.2 Å². The Bertz CT molecular complexity index is 162. The molecule has 0 spiro atoms. The fourth-order valence-electron chi connectivity index (χ4n) is 1.38. The minimum atomic E-state index is 0.192. The topological polar surface area (TPSA) is 41.6 Å². The second kappa shape index (κ2) is 5.94. The highest BCUT2D eigenvalue weighted by Crippen LogP contribution is 1.96. The first-order chi connectivity index (χ1) is 6.34. The largest absolute Gasteiger partial charge is 0.380 e. The molecule has 1 amide bonds. The molecule has 0 atom stereocenters. The molecule has 76 valence electrons. The van der Waals surface area contributed by atoms with Gasteiger partial charge in [0.1, 0.15) is 0 Å². The second-order valence-electron chi connectivity index (χ2n) is 3.11. The van der Waals surface area contributed by atoms with Gasteiger partial charge in [-0.1, -0.05) is 0 Å². The van der Waals surface area contributed by atoms with E-state index in [1.54, 1.807) is 0 Å². The van der Waals surface area contributed by atoms with Gasteiger partial charge in [0.05, 0.1) is 13.2 Å². The van der Waals surface area contributed by atoms with Gasteiger partial charge in [0, 0.05) is 19.7 Å². The van der Waals surface area contributed by atoms with Crippen LogP contribution in [0.5, 0.6) is 0 Å². The van der Waals surface area contributed by atoms with Gasteiger partial charge < -0.3 is 15.0 Å². The summed E-state index contributed by atoms with van der Waals surface area (Å²) in [5, 5.41) is 3.09. The van der Waals surface area contributed by atoms with Crippen molar-refractivity contribution < 1.29 is 9.53 Å². The molecule has 1 rings (SSSR count). The maximum atomic E-state index is 11.4. The first-order valence-electron chi connectivity index (χ1n) is 4.91. The summed E-state index contributed by atoms with van der Waals surface area (Å²) in [6.07, 6.45) is 1.04. The van der Waals surface area contributed by atoms with Gasteiger partial charge in [-0.2, -0.15) is 0 Å². The zero-order chi connectivity index (χ0) is 9.52. The van der Waals surface area contributed by atoms with Crippen molar-refractivity contribution in [1.29, 1.82) is 0 Å². The molecule has 13 heavy (non-hydrogen) atoms. The zero-order valence-corrected chi connectivity index (χ0v) is 8.21.